The van der Waals surface area contributed by atoms with Crippen LogP contribution in [0.1, 0.15) is 61.3 Å². The summed E-state index contributed by atoms with van der Waals surface area (Å²) in [5, 5.41) is 13.5. The number of nitrogens with one attached hydrogen (secondary N) is 1. The molecule has 2 aliphatic heterocycles. The van der Waals surface area contributed by atoms with Crippen LogP contribution in [0.15, 0.2) is 29.2 Å². The number of hydrogen-bond donors (Lipinski definition) is 2. The van der Waals surface area contributed by atoms with Crippen molar-refractivity contribution >= 4 is 22.6 Å². The Labute approximate surface area is 204 Å². The van der Waals surface area contributed by atoms with Gasteiger partial charge in [-0.1, -0.05) is 18.1 Å². The summed E-state index contributed by atoms with van der Waals surface area (Å²) < 4.78 is 12.9. The van der Waals surface area contributed by atoms with E-state index in [1.54, 1.807) is 0 Å². The Morgan fingerprint density at radius 1 is 1.15 bits per heavy atom. The molecule has 2 aliphatic carbocycles. The summed E-state index contributed by atoms with van der Waals surface area (Å²) in [7, 11) is -1.08. The number of aliphatic hydroxyl groups is 1. The summed E-state index contributed by atoms with van der Waals surface area (Å²) in [4.78, 5) is 13.0. The summed E-state index contributed by atoms with van der Waals surface area (Å²) in [6, 6.07) is 8.49. The number of anilines is 2. The smallest absolute Gasteiger partial charge is 0.227 e. The molecule has 2 saturated carbocycles. The fourth-order valence-electron chi connectivity index (χ4n) is 6.36. The topological polar surface area (TPSA) is 78.3 Å². The van der Waals surface area contributed by atoms with Crippen LogP contribution in [-0.2, 0) is 17.2 Å². The maximum atomic E-state index is 12.9. The first kappa shape index (κ1) is 22.1. The highest BCUT2D eigenvalue weighted by Gasteiger charge is 2.43. The van der Waals surface area contributed by atoms with E-state index < -0.39 is 10.8 Å². The lowest BCUT2D eigenvalue weighted by atomic mass is 9.77. The SMILES string of the molecule is C#Cc1ccc(C2CC3CN(c4nc5c(c(NC6(CO)CCC6)n4)[S@](=O)CCC5)CC3C2)cc1. The molecule has 34 heavy (non-hydrogen) atoms. The molecule has 3 fully saturated rings. The average molecular weight is 477 g/mol. The predicted molar refractivity (Wildman–Crippen MR) is 134 cm³/mol. The van der Waals surface area contributed by atoms with Gasteiger partial charge in [0.15, 0.2) is 0 Å². The average Bonchev–Trinajstić information content (AvgIpc) is 3.41. The number of aromatic nitrogens is 2. The Kier molecular flexibility index (Phi) is 5.62. The zero-order valence-corrected chi connectivity index (χ0v) is 20.3. The molecule has 0 spiro atoms. The van der Waals surface area contributed by atoms with E-state index in [-0.39, 0.29) is 12.1 Å². The molecule has 4 aliphatic rings. The number of terminal acetylenes is 1. The van der Waals surface area contributed by atoms with Crippen LogP contribution in [0.4, 0.5) is 11.8 Å². The lowest BCUT2D eigenvalue weighted by Crippen LogP contribution is -2.49. The van der Waals surface area contributed by atoms with E-state index in [0.29, 0.717) is 29.3 Å². The fraction of sp³-hybridized carbons (Fsp3) is 0.556. The molecule has 6 rings (SSSR count). The number of fused-ring (bicyclic) bond motifs is 2. The molecule has 2 aromatic rings. The van der Waals surface area contributed by atoms with E-state index >= 15 is 0 Å². The Balaban J connectivity index is 1.22. The fourth-order valence-corrected chi connectivity index (χ4v) is 7.69. The molecule has 3 heterocycles. The van der Waals surface area contributed by atoms with E-state index in [9.17, 15) is 9.32 Å². The van der Waals surface area contributed by atoms with Crippen molar-refractivity contribution in [1.29, 1.82) is 0 Å². The van der Waals surface area contributed by atoms with Gasteiger partial charge < -0.3 is 15.3 Å². The van der Waals surface area contributed by atoms with Gasteiger partial charge in [0.1, 0.15) is 10.7 Å². The summed E-state index contributed by atoms with van der Waals surface area (Å²) in [6.07, 6.45) is 12.5. The Bertz CT molecular complexity index is 1130. The third-order valence-electron chi connectivity index (χ3n) is 8.47. The summed E-state index contributed by atoms with van der Waals surface area (Å²) in [5.74, 6) is 6.68. The van der Waals surface area contributed by atoms with Crippen LogP contribution in [0.2, 0.25) is 0 Å². The third-order valence-corrected chi connectivity index (χ3v) is 10.0. The molecule has 1 aromatic carbocycles. The minimum Gasteiger partial charge on any atom is -0.394 e. The summed E-state index contributed by atoms with van der Waals surface area (Å²) >= 11 is 0. The lowest BCUT2D eigenvalue weighted by Gasteiger charge is -2.42. The van der Waals surface area contributed by atoms with Crippen LogP contribution in [0.25, 0.3) is 0 Å². The van der Waals surface area contributed by atoms with Crippen LogP contribution in [0.3, 0.4) is 0 Å². The van der Waals surface area contributed by atoms with Crippen molar-refractivity contribution < 1.29 is 9.32 Å². The quantitative estimate of drug-likeness (QED) is 0.644. The molecule has 178 valence electrons. The Hall–Kier alpha value is -2.43. The normalized spacial score (nSPS) is 29.1. The highest BCUT2D eigenvalue weighted by molar-refractivity contribution is 7.85. The summed E-state index contributed by atoms with van der Waals surface area (Å²) in [5.41, 5.74) is 2.93. The van der Waals surface area contributed by atoms with Gasteiger partial charge in [-0.3, -0.25) is 4.21 Å². The lowest BCUT2D eigenvalue weighted by molar-refractivity contribution is 0.143. The maximum absolute atomic E-state index is 12.9. The second-order valence-corrected chi connectivity index (χ2v) is 12.1. The number of aliphatic hydroxyl groups excluding tert-OH is 1. The van der Waals surface area contributed by atoms with Gasteiger partial charge in [-0.25, -0.2) is 4.98 Å². The Morgan fingerprint density at radius 3 is 2.50 bits per heavy atom. The first-order chi connectivity index (χ1) is 16.6. The van der Waals surface area contributed by atoms with Crippen LogP contribution in [0.5, 0.6) is 0 Å². The molecule has 2 N–H and O–H groups in total. The predicted octanol–water partition coefficient (Wildman–Crippen LogP) is 3.47. The second kappa shape index (κ2) is 8.66. The number of benzene rings is 1. The van der Waals surface area contributed by atoms with Crippen molar-refractivity contribution in [1.82, 2.24) is 9.97 Å². The van der Waals surface area contributed by atoms with Crippen LogP contribution >= 0.6 is 0 Å². The van der Waals surface area contributed by atoms with E-state index in [1.165, 1.54) is 18.4 Å². The number of nitrogens with zero attached hydrogens (tertiary/aromatic N) is 3. The minimum absolute atomic E-state index is 0.0747. The summed E-state index contributed by atoms with van der Waals surface area (Å²) in [6.45, 7) is 2.01. The molecule has 0 amide bonds. The monoisotopic (exact) mass is 476 g/mol. The van der Waals surface area contributed by atoms with E-state index in [2.05, 4.69) is 40.4 Å². The first-order valence-electron chi connectivity index (χ1n) is 12.6. The number of hydrogen-bond acceptors (Lipinski definition) is 6. The molecular formula is C27H32N4O2S. The zero-order valence-electron chi connectivity index (χ0n) is 19.5. The molecular weight excluding hydrogens is 444 g/mol. The van der Waals surface area contributed by atoms with Crippen molar-refractivity contribution in [3.05, 3.63) is 41.1 Å². The molecule has 2 unspecified atom stereocenters. The van der Waals surface area contributed by atoms with E-state index in [4.69, 9.17) is 16.4 Å². The van der Waals surface area contributed by atoms with Crippen LogP contribution < -0.4 is 10.2 Å². The number of rotatable bonds is 5. The van der Waals surface area contributed by atoms with Crippen molar-refractivity contribution in [3.8, 4) is 12.3 Å². The molecule has 6 nitrogen and oxygen atoms in total. The van der Waals surface area contributed by atoms with Gasteiger partial charge in [-0.05, 0) is 80.4 Å². The molecule has 1 aromatic heterocycles. The molecule has 3 atom stereocenters. The Morgan fingerprint density at radius 2 is 1.88 bits per heavy atom. The van der Waals surface area contributed by atoms with Gasteiger partial charge in [0.25, 0.3) is 0 Å². The van der Waals surface area contributed by atoms with Crippen molar-refractivity contribution in [2.24, 2.45) is 11.8 Å². The second-order valence-electron chi connectivity index (χ2n) is 10.6. The molecule has 1 saturated heterocycles. The third kappa shape index (κ3) is 3.81. The van der Waals surface area contributed by atoms with Gasteiger partial charge in [-0.2, -0.15) is 4.98 Å². The van der Waals surface area contributed by atoms with Crippen molar-refractivity contribution in [2.45, 2.75) is 61.3 Å². The molecule has 0 radical (unpaired) electrons. The standard InChI is InChI=1S/C27H32N4O2S/c1-2-18-6-8-19(9-7-18)20-13-21-15-31(16-22(21)14-20)26-28-23-5-3-12-34(33)24(23)25(29-26)30-27(17-32)10-4-11-27/h1,6-9,20-22,32H,3-5,10-17H2,(H,28,29,30)/t20?,21?,22?,34-/m1/s1. The highest BCUT2D eigenvalue weighted by Crippen LogP contribution is 2.47. The van der Waals surface area contributed by atoms with Gasteiger partial charge in [0.2, 0.25) is 5.95 Å². The zero-order chi connectivity index (χ0) is 23.3. The van der Waals surface area contributed by atoms with Gasteiger partial charge in [0, 0.05) is 24.4 Å². The molecule has 7 heteroatoms. The van der Waals surface area contributed by atoms with Crippen LogP contribution in [-0.4, -0.2) is 50.3 Å². The van der Waals surface area contributed by atoms with Crippen LogP contribution in [0, 0.1) is 24.2 Å². The van der Waals surface area contributed by atoms with Gasteiger partial charge in [0.05, 0.1) is 28.6 Å². The molecule has 0 bridgehead atoms. The first-order valence-corrected chi connectivity index (χ1v) is 13.9. The van der Waals surface area contributed by atoms with E-state index in [0.717, 1.165) is 67.3 Å². The number of aryl methyl sites for hydroxylation is 1. The van der Waals surface area contributed by atoms with Crippen molar-refractivity contribution in [2.75, 3.05) is 35.7 Å². The van der Waals surface area contributed by atoms with Crippen molar-refractivity contribution in [3.63, 3.8) is 0 Å². The van der Waals surface area contributed by atoms with Gasteiger partial charge in [-0.15, -0.1) is 6.42 Å². The highest BCUT2D eigenvalue weighted by atomic mass is 32.2. The minimum atomic E-state index is -1.08. The van der Waals surface area contributed by atoms with E-state index in [1.807, 2.05) is 0 Å². The largest absolute Gasteiger partial charge is 0.394 e. The maximum Gasteiger partial charge on any atom is 0.227 e. The van der Waals surface area contributed by atoms with Gasteiger partial charge >= 0.3 is 0 Å².